The van der Waals surface area contributed by atoms with Crippen molar-refractivity contribution < 1.29 is 19.1 Å². The molecule has 2 N–H and O–H groups in total. The minimum Gasteiger partial charge on any atom is -0.486 e. The largest absolute Gasteiger partial charge is 0.486 e. The second kappa shape index (κ2) is 7.69. The summed E-state index contributed by atoms with van der Waals surface area (Å²) in [6, 6.07) is 5.51. The van der Waals surface area contributed by atoms with Gasteiger partial charge in [-0.15, -0.1) is 0 Å². The molecule has 0 radical (unpaired) electrons. The summed E-state index contributed by atoms with van der Waals surface area (Å²) < 4.78 is 11.1. The van der Waals surface area contributed by atoms with E-state index in [1.165, 1.54) is 6.20 Å². The highest BCUT2D eigenvalue weighted by Gasteiger charge is 2.20. The summed E-state index contributed by atoms with van der Waals surface area (Å²) in [6.07, 6.45) is 3.92. The number of carbonyl (C=O) groups excluding carboxylic acids is 2. The summed E-state index contributed by atoms with van der Waals surface area (Å²) in [5, 5.41) is 9.69. The van der Waals surface area contributed by atoms with Gasteiger partial charge in [0.1, 0.15) is 13.2 Å². The molecule has 1 aromatic carbocycles. The van der Waals surface area contributed by atoms with Crippen LogP contribution in [0.15, 0.2) is 24.4 Å². The first-order valence-electron chi connectivity index (χ1n) is 9.22. The van der Waals surface area contributed by atoms with E-state index >= 15 is 0 Å². The SMILES string of the molecule is O=C(NCCC(=O)N1CCCC1)c1cn[nH]c1-c1ccc2c(c1)OCCO2. The molecule has 1 saturated heterocycles. The highest BCUT2D eigenvalue weighted by Crippen LogP contribution is 2.34. The Morgan fingerprint density at radius 3 is 2.74 bits per heavy atom. The van der Waals surface area contributed by atoms with E-state index in [0.29, 0.717) is 48.9 Å². The second-order valence-electron chi connectivity index (χ2n) is 6.61. The molecule has 1 fully saturated rings. The van der Waals surface area contributed by atoms with Crippen molar-refractivity contribution in [1.29, 1.82) is 0 Å². The van der Waals surface area contributed by atoms with E-state index in [1.54, 1.807) is 0 Å². The molecule has 0 spiro atoms. The average Bonchev–Trinajstić information content (AvgIpc) is 3.39. The maximum atomic E-state index is 12.5. The van der Waals surface area contributed by atoms with Crippen molar-refractivity contribution in [3.05, 3.63) is 30.0 Å². The van der Waals surface area contributed by atoms with E-state index in [9.17, 15) is 9.59 Å². The first kappa shape index (κ1) is 17.4. The standard InChI is InChI=1S/C19H22N4O4/c24-17(23-7-1-2-8-23)5-6-20-19(25)14-12-21-22-18(14)13-3-4-15-16(11-13)27-10-9-26-15/h3-4,11-12H,1-2,5-10H2,(H,20,25)(H,21,22). The van der Waals surface area contributed by atoms with E-state index in [4.69, 9.17) is 9.47 Å². The molecular formula is C19H22N4O4. The molecule has 0 aliphatic carbocycles. The van der Waals surface area contributed by atoms with E-state index in [1.807, 2.05) is 23.1 Å². The normalized spacial score (nSPS) is 15.6. The lowest BCUT2D eigenvalue weighted by Gasteiger charge is -2.18. The predicted molar refractivity (Wildman–Crippen MR) is 97.8 cm³/mol. The Hall–Kier alpha value is -3.03. The number of nitrogens with zero attached hydrogens (tertiary/aromatic N) is 2. The number of H-pyrrole nitrogens is 1. The molecule has 0 atom stereocenters. The molecule has 8 heteroatoms. The molecule has 142 valence electrons. The zero-order valence-corrected chi connectivity index (χ0v) is 15.0. The fourth-order valence-corrected chi connectivity index (χ4v) is 3.38. The molecule has 2 aliphatic rings. The monoisotopic (exact) mass is 370 g/mol. The van der Waals surface area contributed by atoms with Gasteiger partial charge < -0.3 is 19.7 Å². The molecular weight excluding hydrogens is 348 g/mol. The Labute approximate surface area is 156 Å². The Kier molecular flexibility index (Phi) is 4.95. The summed E-state index contributed by atoms with van der Waals surface area (Å²) in [6.45, 7) is 2.98. The molecule has 8 nitrogen and oxygen atoms in total. The lowest BCUT2D eigenvalue weighted by atomic mass is 10.1. The molecule has 2 aliphatic heterocycles. The third-order valence-corrected chi connectivity index (χ3v) is 4.80. The van der Waals surface area contributed by atoms with Gasteiger partial charge in [0.2, 0.25) is 5.91 Å². The van der Waals surface area contributed by atoms with E-state index in [0.717, 1.165) is 31.5 Å². The van der Waals surface area contributed by atoms with Gasteiger partial charge >= 0.3 is 0 Å². The number of amides is 2. The molecule has 0 bridgehead atoms. The lowest BCUT2D eigenvalue weighted by Crippen LogP contribution is -2.32. The number of ether oxygens (including phenoxy) is 2. The van der Waals surface area contributed by atoms with Crippen LogP contribution in [-0.2, 0) is 4.79 Å². The summed E-state index contributed by atoms with van der Waals surface area (Å²) in [7, 11) is 0. The van der Waals surface area contributed by atoms with Crippen molar-refractivity contribution in [3.8, 4) is 22.8 Å². The number of nitrogens with one attached hydrogen (secondary N) is 2. The molecule has 1 aromatic heterocycles. The average molecular weight is 370 g/mol. The second-order valence-corrected chi connectivity index (χ2v) is 6.61. The van der Waals surface area contributed by atoms with Crippen molar-refractivity contribution in [2.45, 2.75) is 19.3 Å². The number of hydrogen-bond donors (Lipinski definition) is 2. The zero-order valence-electron chi connectivity index (χ0n) is 15.0. The van der Waals surface area contributed by atoms with Crippen molar-refractivity contribution in [2.24, 2.45) is 0 Å². The number of carbonyl (C=O) groups is 2. The lowest BCUT2D eigenvalue weighted by molar-refractivity contribution is -0.129. The van der Waals surface area contributed by atoms with E-state index < -0.39 is 0 Å². The fourth-order valence-electron chi connectivity index (χ4n) is 3.38. The number of aromatic amines is 1. The number of fused-ring (bicyclic) bond motifs is 1. The van der Waals surface area contributed by atoms with Crippen LogP contribution in [0, 0.1) is 0 Å². The van der Waals surface area contributed by atoms with Crippen LogP contribution in [0.3, 0.4) is 0 Å². The number of hydrogen-bond acceptors (Lipinski definition) is 5. The van der Waals surface area contributed by atoms with Crippen LogP contribution >= 0.6 is 0 Å². The quantitative estimate of drug-likeness (QED) is 0.833. The third kappa shape index (κ3) is 3.74. The van der Waals surface area contributed by atoms with E-state index in [-0.39, 0.29) is 11.8 Å². The minimum atomic E-state index is -0.261. The van der Waals surface area contributed by atoms with Gasteiger partial charge in [-0.25, -0.2) is 0 Å². The van der Waals surface area contributed by atoms with Gasteiger partial charge in [0.05, 0.1) is 17.5 Å². The number of benzene rings is 1. The van der Waals surface area contributed by atoms with Gasteiger partial charge in [-0.2, -0.15) is 5.10 Å². The maximum Gasteiger partial charge on any atom is 0.255 e. The maximum absolute atomic E-state index is 12.5. The Morgan fingerprint density at radius 2 is 1.93 bits per heavy atom. The van der Waals surface area contributed by atoms with Crippen LogP contribution in [0.4, 0.5) is 0 Å². The fraction of sp³-hybridized carbons (Fsp3) is 0.421. The zero-order chi connectivity index (χ0) is 18.6. The predicted octanol–water partition coefficient (Wildman–Crippen LogP) is 1.59. The van der Waals surface area contributed by atoms with Crippen molar-refractivity contribution in [3.63, 3.8) is 0 Å². The molecule has 2 aromatic rings. The van der Waals surface area contributed by atoms with Crippen LogP contribution in [0.5, 0.6) is 11.5 Å². The van der Waals surface area contributed by atoms with Crippen LogP contribution in [0.25, 0.3) is 11.3 Å². The topological polar surface area (TPSA) is 96.6 Å². The van der Waals surface area contributed by atoms with Crippen molar-refractivity contribution in [2.75, 3.05) is 32.8 Å². The van der Waals surface area contributed by atoms with Crippen LogP contribution in [-0.4, -0.2) is 59.8 Å². The third-order valence-electron chi connectivity index (χ3n) is 4.80. The van der Waals surface area contributed by atoms with Gasteiger partial charge in [-0.3, -0.25) is 14.7 Å². The molecule has 4 rings (SSSR count). The van der Waals surface area contributed by atoms with Gasteiger partial charge in [0, 0.05) is 31.6 Å². The summed E-state index contributed by atoms with van der Waals surface area (Å²) in [5.41, 5.74) is 1.82. The highest BCUT2D eigenvalue weighted by atomic mass is 16.6. The Morgan fingerprint density at radius 1 is 1.15 bits per heavy atom. The van der Waals surface area contributed by atoms with Crippen molar-refractivity contribution in [1.82, 2.24) is 20.4 Å². The van der Waals surface area contributed by atoms with Crippen molar-refractivity contribution >= 4 is 11.8 Å². The van der Waals surface area contributed by atoms with Gasteiger partial charge in [0.25, 0.3) is 5.91 Å². The first-order valence-corrected chi connectivity index (χ1v) is 9.22. The number of aromatic nitrogens is 2. The Bertz CT molecular complexity index is 842. The molecule has 0 saturated carbocycles. The molecule has 0 unspecified atom stereocenters. The first-order chi connectivity index (χ1) is 13.2. The van der Waals surface area contributed by atoms with E-state index in [2.05, 4.69) is 15.5 Å². The molecule has 2 amide bonds. The van der Waals surface area contributed by atoms with Crippen LogP contribution in [0.1, 0.15) is 29.6 Å². The van der Waals surface area contributed by atoms with Crippen LogP contribution in [0.2, 0.25) is 0 Å². The number of rotatable bonds is 5. The van der Waals surface area contributed by atoms with Gasteiger partial charge in [-0.05, 0) is 31.0 Å². The van der Waals surface area contributed by atoms with Gasteiger partial charge in [-0.1, -0.05) is 0 Å². The molecule has 3 heterocycles. The van der Waals surface area contributed by atoms with Crippen LogP contribution < -0.4 is 14.8 Å². The Balaban J connectivity index is 1.40. The smallest absolute Gasteiger partial charge is 0.255 e. The summed E-state index contributed by atoms with van der Waals surface area (Å²) >= 11 is 0. The number of likely N-dealkylation sites (tertiary alicyclic amines) is 1. The minimum absolute atomic E-state index is 0.0899. The van der Waals surface area contributed by atoms with Gasteiger partial charge in [0.15, 0.2) is 11.5 Å². The highest BCUT2D eigenvalue weighted by molar-refractivity contribution is 6.00. The summed E-state index contributed by atoms with van der Waals surface area (Å²) in [4.78, 5) is 26.5. The summed E-state index contributed by atoms with van der Waals surface area (Å²) in [5.74, 6) is 1.17. The molecule has 27 heavy (non-hydrogen) atoms.